The van der Waals surface area contributed by atoms with Crippen LogP contribution in [0.15, 0.2) is 59.0 Å². The van der Waals surface area contributed by atoms with Crippen LogP contribution < -0.4 is 0 Å². The van der Waals surface area contributed by atoms with E-state index in [4.69, 9.17) is 4.74 Å². The number of ether oxygens (including phenoxy) is 1. The quantitative estimate of drug-likeness (QED) is 0.602. The van der Waals surface area contributed by atoms with Crippen molar-refractivity contribution >= 4 is 11.8 Å². The molecule has 0 amide bonds. The minimum Gasteiger partial charge on any atom is -0.394 e. The van der Waals surface area contributed by atoms with Gasteiger partial charge in [0.25, 0.3) is 0 Å². The molecular formula is C23H28O5S. The van der Waals surface area contributed by atoms with Crippen molar-refractivity contribution in [2.45, 2.75) is 56.0 Å². The van der Waals surface area contributed by atoms with E-state index in [2.05, 4.69) is 38.2 Å². The van der Waals surface area contributed by atoms with Gasteiger partial charge in [-0.3, -0.25) is 0 Å². The van der Waals surface area contributed by atoms with Gasteiger partial charge in [-0.25, -0.2) is 0 Å². The highest BCUT2D eigenvalue weighted by atomic mass is 32.2. The van der Waals surface area contributed by atoms with E-state index in [0.29, 0.717) is 5.25 Å². The Morgan fingerprint density at radius 1 is 1.10 bits per heavy atom. The van der Waals surface area contributed by atoms with Gasteiger partial charge in [0.15, 0.2) is 0 Å². The predicted octanol–water partition coefficient (Wildman–Crippen LogP) is 2.27. The summed E-state index contributed by atoms with van der Waals surface area (Å²) in [5, 5.41) is 40.3. The van der Waals surface area contributed by atoms with E-state index in [-0.39, 0.29) is 5.41 Å². The molecule has 2 heterocycles. The van der Waals surface area contributed by atoms with Gasteiger partial charge in [0.1, 0.15) is 30.5 Å². The van der Waals surface area contributed by atoms with Gasteiger partial charge in [0, 0.05) is 17.1 Å². The fourth-order valence-electron chi connectivity index (χ4n) is 4.45. The first-order valence-electron chi connectivity index (χ1n) is 9.96. The maximum Gasteiger partial charge on any atom is 0.113 e. The summed E-state index contributed by atoms with van der Waals surface area (Å²) < 4.78 is 5.70. The molecule has 3 aliphatic rings. The molecule has 29 heavy (non-hydrogen) atoms. The average Bonchev–Trinajstić information content (AvgIpc) is 3.01. The summed E-state index contributed by atoms with van der Waals surface area (Å²) in [6.45, 7) is 3.96. The summed E-state index contributed by atoms with van der Waals surface area (Å²) in [4.78, 5) is 1.30. The third-order valence-corrected chi connectivity index (χ3v) is 7.47. The predicted molar refractivity (Wildman–Crippen MR) is 113 cm³/mol. The molecule has 2 aliphatic heterocycles. The van der Waals surface area contributed by atoms with Crippen molar-refractivity contribution in [2.75, 3.05) is 6.61 Å². The molecule has 0 bridgehead atoms. The Kier molecular flexibility index (Phi) is 5.77. The van der Waals surface area contributed by atoms with E-state index in [1.807, 2.05) is 36.0 Å². The zero-order chi connectivity index (χ0) is 20.8. The van der Waals surface area contributed by atoms with Crippen molar-refractivity contribution in [1.82, 2.24) is 0 Å². The van der Waals surface area contributed by atoms with Gasteiger partial charge >= 0.3 is 0 Å². The zero-order valence-electron chi connectivity index (χ0n) is 16.6. The van der Waals surface area contributed by atoms with Crippen LogP contribution in [0.4, 0.5) is 0 Å². The molecule has 1 aliphatic carbocycles. The molecule has 1 saturated heterocycles. The van der Waals surface area contributed by atoms with Crippen molar-refractivity contribution in [3.05, 3.63) is 70.2 Å². The molecule has 5 nitrogen and oxygen atoms in total. The number of allylic oxidation sites excluding steroid dienone is 5. The maximum atomic E-state index is 10.4. The zero-order valence-corrected chi connectivity index (χ0v) is 17.4. The Labute approximate surface area is 175 Å². The van der Waals surface area contributed by atoms with Gasteiger partial charge in [0.05, 0.1) is 6.61 Å². The smallest absolute Gasteiger partial charge is 0.113 e. The first-order valence-corrected chi connectivity index (χ1v) is 10.8. The molecule has 1 aromatic carbocycles. The Morgan fingerprint density at radius 3 is 2.66 bits per heavy atom. The number of hydrogen-bond donors (Lipinski definition) is 4. The third kappa shape index (κ3) is 3.98. The maximum absolute atomic E-state index is 10.4. The Bertz CT molecular complexity index is 861. The summed E-state index contributed by atoms with van der Waals surface area (Å²) in [6.07, 6.45) is 4.22. The van der Waals surface area contributed by atoms with E-state index in [1.54, 1.807) is 0 Å². The Balaban J connectivity index is 1.53. The highest BCUT2D eigenvalue weighted by Crippen LogP contribution is 2.50. The normalized spacial score (nSPS) is 39.1. The molecule has 6 heteroatoms. The lowest BCUT2D eigenvalue weighted by Crippen LogP contribution is -2.55. The lowest BCUT2D eigenvalue weighted by Gasteiger charge is -2.40. The van der Waals surface area contributed by atoms with Crippen molar-refractivity contribution in [3.8, 4) is 0 Å². The van der Waals surface area contributed by atoms with Crippen molar-refractivity contribution in [1.29, 1.82) is 0 Å². The third-order valence-electron chi connectivity index (χ3n) is 5.99. The standard InChI is InChI=1S/C23H28O5S/c1-13-6-7-18-23(2,10-13)11-16(29-18)9-14-4-3-5-15(8-14)22-21(27)20(26)19(25)17(12-24)28-22/h3-8,10-11,17-22,24-27H,9,12H2,1-2H3/t17-,18?,19-,20?,21-,22+,23?/m1/s1. The topological polar surface area (TPSA) is 90.2 Å². The van der Waals surface area contributed by atoms with Crippen LogP contribution in [0.1, 0.15) is 31.1 Å². The summed E-state index contributed by atoms with van der Waals surface area (Å²) in [5.41, 5.74) is 3.13. The molecular weight excluding hydrogens is 388 g/mol. The number of aliphatic hydroxyl groups is 4. The van der Waals surface area contributed by atoms with Gasteiger partial charge in [-0.2, -0.15) is 0 Å². The number of thioether (sulfide) groups is 1. The summed E-state index contributed by atoms with van der Waals surface area (Å²) in [7, 11) is 0. The molecule has 1 fully saturated rings. The van der Waals surface area contributed by atoms with E-state index >= 15 is 0 Å². The van der Waals surface area contributed by atoms with Crippen LogP contribution in [0.3, 0.4) is 0 Å². The van der Waals surface area contributed by atoms with E-state index in [9.17, 15) is 20.4 Å². The largest absolute Gasteiger partial charge is 0.394 e. The molecule has 0 aromatic heterocycles. The monoisotopic (exact) mass is 416 g/mol. The molecule has 0 spiro atoms. The molecule has 7 atom stereocenters. The highest BCUT2D eigenvalue weighted by Gasteiger charge is 2.44. The molecule has 4 rings (SSSR count). The second-order valence-corrected chi connectivity index (χ2v) is 9.70. The van der Waals surface area contributed by atoms with Gasteiger partial charge in [-0.05, 0) is 23.0 Å². The van der Waals surface area contributed by atoms with Crippen LogP contribution in [0.25, 0.3) is 0 Å². The number of fused-ring (bicyclic) bond motifs is 1. The second-order valence-electron chi connectivity index (χ2n) is 8.43. The lowest BCUT2D eigenvalue weighted by molar-refractivity contribution is -0.231. The number of hydrogen-bond acceptors (Lipinski definition) is 6. The van der Waals surface area contributed by atoms with Crippen LogP contribution in [-0.2, 0) is 11.2 Å². The SMILES string of the molecule is CC1=CC2(C)C=C(Cc3cccc([C@@H]4O[C@H](CO)[C@@H](O)C(O)[C@H]4O)c3)SC2C=C1. The van der Waals surface area contributed by atoms with E-state index in [0.717, 1.165) is 17.5 Å². The van der Waals surface area contributed by atoms with E-state index in [1.165, 1.54) is 10.5 Å². The summed E-state index contributed by atoms with van der Waals surface area (Å²) >= 11 is 1.88. The minimum atomic E-state index is -1.37. The number of aliphatic hydroxyl groups excluding tert-OH is 4. The Hall–Kier alpha value is -1.41. The van der Waals surface area contributed by atoms with Gasteiger partial charge < -0.3 is 25.2 Å². The van der Waals surface area contributed by atoms with Gasteiger partial charge in [-0.1, -0.05) is 61.1 Å². The van der Waals surface area contributed by atoms with Crippen molar-refractivity contribution in [2.24, 2.45) is 5.41 Å². The molecule has 156 valence electrons. The second kappa shape index (κ2) is 8.02. The minimum absolute atomic E-state index is 0.0354. The van der Waals surface area contributed by atoms with Gasteiger partial charge in [0.2, 0.25) is 0 Å². The molecule has 3 unspecified atom stereocenters. The first kappa shape index (κ1) is 20.8. The highest BCUT2D eigenvalue weighted by molar-refractivity contribution is 8.04. The summed E-state index contributed by atoms with van der Waals surface area (Å²) in [5.74, 6) is 0. The number of rotatable bonds is 4. The average molecular weight is 417 g/mol. The fourth-order valence-corrected chi connectivity index (χ4v) is 5.90. The first-order chi connectivity index (χ1) is 13.8. The molecule has 1 aromatic rings. The fraction of sp³-hybridized carbons (Fsp3) is 0.478. The van der Waals surface area contributed by atoms with E-state index < -0.39 is 37.1 Å². The summed E-state index contributed by atoms with van der Waals surface area (Å²) in [6, 6.07) is 7.75. The van der Waals surface area contributed by atoms with Crippen LogP contribution in [0.5, 0.6) is 0 Å². The van der Waals surface area contributed by atoms with Crippen molar-refractivity contribution < 1.29 is 25.2 Å². The van der Waals surface area contributed by atoms with Crippen molar-refractivity contribution in [3.63, 3.8) is 0 Å². The Morgan fingerprint density at radius 2 is 1.90 bits per heavy atom. The number of benzene rings is 1. The van der Waals surface area contributed by atoms with Gasteiger partial charge in [-0.15, -0.1) is 11.8 Å². The van der Waals surface area contributed by atoms with Crippen LogP contribution in [0, 0.1) is 5.41 Å². The van der Waals surface area contributed by atoms with Crippen LogP contribution >= 0.6 is 11.8 Å². The molecule has 4 N–H and O–H groups in total. The molecule has 0 radical (unpaired) electrons. The lowest BCUT2D eigenvalue weighted by atomic mass is 9.81. The van der Waals surface area contributed by atoms with Crippen LogP contribution in [-0.4, -0.2) is 56.7 Å². The molecule has 0 saturated carbocycles. The van der Waals surface area contributed by atoms with Crippen LogP contribution in [0.2, 0.25) is 0 Å².